The first-order valence-electron chi connectivity index (χ1n) is 9.04. The Morgan fingerprint density at radius 2 is 2.21 bits per heavy atom. The van der Waals surface area contributed by atoms with Crippen molar-refractivity contribution in [2.45, 2.75) is 58.3 Å². The van der Waals surface area contributed by atoms with E-state index in [0.717, 1.165) is 55.8 Å². The normalized spacial score (nSPS) is 24.3. The van der Waals surface area contributed by atoms with Gasteiger partial charge in [-0.2, -0.15) is 0 Å². The number of hydrogen-bond acceptors (Lipinski definition) is 4. The summed E-state index contributed by atoms with van der Waals surface area (Å²) < 4.78 is 5.68. The molecule has 2 atom stereocenters. The molecule has 0 unspecified atom stereocenters. The van der Waals surface area contributed by atoms with E-state index in [1.165, 1.54) is 0 Å². The second-order valence-corrected chi connectivity index (χ2v) is 6.88. The van der Waals surface area contributed by atoms with Crippen LogP contribution >= 0.6 is 0 Å². The van der Waals surface area contributed by atoms with Crippen LogP contribution in [0.3, 0.4) is 0 Å². The van der Waals surface area contributed by atoms with Crippen LogP contribution in [-0.4, -0.2) is 52.6 Å². The molecular weight excluding hydrogens is 304 g/mol. The number of carbonyl (C=O) groups excluding carboxylic acids is 1. The number of ether oxygens (including phenoxy) is 1. The average Bonchev–Trinajstić information content (AvgIpc) is 3.06. The molecule has 1 N–H and O–H groups in total. The lowest BCUT2D eigenvalue weighted by Gasteiger charge is -2.41. The number of amides is 1. The molecule has 2 heterocycles. The van der Waals surface area contributed by atoms with Crippen LogP contribution in [0, 0.1) is 0 Å². The highest BCUT2D eigenvalue weighted by atomic mass is 16.5. The maximum atomic E-state index is 12.5. The Morgan fingerprint density at radius 3 is 2.96 bits per heavy atom. The third-order valence-electron chi connectivity index (χ3n) is 5.15. The predicted molar refractivity (Wildman–Crippen MR) is 92.8 cm³/mol. The molecule has 1 aromatic rings. The summed E-state index contributed by atoms with van der Waals surface area (Å²) in [5, 5.41) is 9.61. The van der Waals surface area contributed by atoms with Crippen molar-refractivity contribution in [2.24, 2.45) is 0 Å². The van der Waals surface area contributed by atoms with Crippen molar-refractivity contribution in [1.82, 2.24) is 9.80 Å². The van der Waals surface area contributed by atoms with Crippen molar-refractivity contribution >= 4 is 5.91 Å². The van der Waals surface area contributed by atoms with Crippen molar-refractivity contribution in [3.05, 3.63) is 29.3 Å². The molecule has 132 valence electrons. The molecule has 1 aromatic carbocycles. The van der Waals surface area contributed by atoms with E-state index in [-0.39, 0.29) is 18.6 Å². The summed E-state index contributed by atoms with van der Waals surface area (Å²) in [5.74, 6) is 1.02. The second kappa shape index (κ2) is 7.53. The first-order chi connectivity index (χ1) is 11.6. The summed E-state index contributed by atoms with van der Waals surface area (Å²) in [4.78, 5) is 16.8. The van der Waals surface area contributed by atoms with Crippen LogP contribution in [0.5, 0.6) is 5.75 Å². The largest absolute Gasteiger partial charge is 0.493 e. The molecule has 2 fully saturated rings. The smallest absolute Gasteiger partial charge is 0.239 e. The van der Waals surface area contributed by atoms with Crippen LogP contribution in [-0.2, 0) is 17.9 Å². The molecular formula is C19H28N2O3. The summed E-state index contributed by atoms with van der Waals surface area (Å²) in [6, 6.07) is 6.28. The standard InChI is InChI=1S/C19H28N2O3/c1-3-9-24-18-7-6-15(10-16(18)13-22)11-20-12-17-5-4-8-21(17)19(23)14(20)2/h6-7,10,14,17,22H,3-5,8-9,11-13H2,1-2H3/t14-,17-/m1/s1. The van der Waals surface area contributed by atoms with Gasteiger partial charge in [-0.25, -0.2) is 0 Å². The third kappa shape index (κ3) is 3.42. The number of aliphatic hydroxyl groups excluding tert-OH is 1. The predicted octanol–water partition coefficient (Wildman–Crippen LogP) is 2.16. The van der Waals surface area contributed by atoms with Gasteiger partial charge in [-0.3, -0.25) is 9.69 Å². The molecule has 0 aliphatic carbocycles. The van der Waals surface area contributed by atoms with E-state index in [9.17, 15) is 9.90 Å². The Morgan fingerprint density at radius 1 is 1.38 bits per heavy atom. The van der Waals surface area contributed by atoms with E-state index < -0.39 is 0 Å². The Kier molecular flexibility index (Phi) is 5.41. The van der Waals surface area contributed by atoms with Crippen LogP contribution in [0.15, 0.2) is 18.2 Å². The van der Waals surface area contributed by atoms with Crippen LogP contribution in [0.25, 0.3) is 0 Å². The van der Waals surface area contributed by atoms with Crippen LogP contribution < -0.4 is 4.74 Å². The zero-order valence-corrected chi connectivity index (χ0v) is 14.7. The topological polar surface area (TPSA) is 53.0 Å². The highest BCUT2D eigenvalue weighted by molar-refractivity contribution is 5.83. The van der Waals surface area contributed by atoms with Crippen molar-refractivity contribution in [3.8, 4) is 5.75 Å². The number of fused-ring (bicyclic) bond motifs is 1. The van der Waals surface area contributed by atoms with E-state index in [1.807, 2.05) is 25.1 Å². The van der Waals surface area contributed by atoms with E-state index in [2.05, 4.69) is 16.7 Å². The maximum absolute atomic E-state index is 12.5. The van der Waals surface area contributed by atoms with Crippen LogP contribution in [0.2, 0.25) is 0 Å². The number of benzene rings is 1. The monoisotopic (exact) mass is 332 g/mol. The van der Waals surface area contributed by atoms with Gasteiger partial charge < -0.3 is 14.7 Å². The third-order valence-corrected chi connectivity index (χ3v) is 5.15. The maximum Gasteiger partial charge on any atom is 0.239 e. The van der Waals surface area contributed by atoms with Gasteiger partial charge in [0.05, 0.1) is 19.3 Å². The fraction of sp³-hybridized carbons (Fsp3) is 0.632. The summed E-state index contributed by atoms with van der Waals surface area (Å²) in [6.07, 6.45) is 3.17. The molecule has 0 spiro atoms. The molecule has 5 heteroatoms. The van der Waals surface area contributed by atoms with Gasteiger partial charge in [-0.05, 0) is 43.9 Å². The molecule has 0 radical (unpaired) electrons. The molecule has 0 saturated carbocycles. The highest BCUT2D eigenvalue weighted by Gasteiger charge is 2.39. The summed E-state index contributed by atoms with van der Waals surface area (Å²) in [6.45, 7) is 7.28. The van der Waals surface area contributed by atoms with E-state index in [4.69, 9.17) is 4.74 Å². The minimum atomic E-state index is -0.0760. The first-order valence-corrected chi connectivity index (χ1v) is 9.04. The zero-order chi connectivity index (χ0) is 17.1. The van der Waals surface area contributed by atoms with Crippen molar-refractivity contribution < 1.29 is 14.6 Å². The number of carbonyl (C=O) groups is 1. The summed E-state index contributed by atoms with van der Waals surface area (Å²) >= 11 is 0. The lowest BCUT2D eigenvalue weighted by Crippen LogP contribution is -2.58. The van der Waals surface area contributed by atoms with Crippen molar-refractivity contribution in [1.29, 1.82) is 0 Å². The number of aliphatic hydroxyl groups is 1. The molecule has 3 rings (SSSR count). The van der Waals surface area contributed by atoms with E-state index >= 15 is 0 Å². The van der Waals surface area contributed by atoms with Gasteiger partial charge in [-0.1, -0.05) is 13.0 Å². The van der Waals surface area contributed by atoms with Gasteiger partial charge in [0.25, 0.3) is 0 Å². The number of piperazine rings is 1. The molecule has 2 aliphatic rings. The summed E-state index contributed by atoms with van der Waals surface area (Å²) in [5.41, 5.74) is 1.94. The molecule has 2 aliphatic heterocycles. The summed E-state index contributed by atoms with van der Waals surface area (Å²) in [7, 11) is 0. The highest BCUT2D eigenvalue weighted by Crippen LogP contribution is 2.28. The molecule has 0 aromatic heterocycles. The van der Waals surface area contributed by atoms with Gasteiger partial charge in [-0.15, -0.1) is 0 Å². The van der Waals surface area contributed by atoms with Gasteiger partial charge in [0.2, 0.25) is 5.91 Å². The lowest BCUT2D eigenvalue weighted by atomic mass is 10.0. The van der Waals surface area contributed by atoms with Crippen molar-refractivity contribution in [2.75, 3.05) is 19.7 Å². The zero-order valence-electron chi connectivity index (χ0n) is 14.7. The minimum Gasteiger partial charge on any atom is -0.493 e. The Labute approximate surface area is 144 Å². The molecule has 1 amide bonds. The van der Waals surface area contributed by atoms with Gasteiger partial charge >= 0.3 is 0 Å². The number of rotatable bonds is 6. The fourth-order valence-corrected chi connectivity index (χ4v) is 3.78. The Balaban J connectivity index is 1.72. The minimum absolute atomic E-state index is 0.0300. The van der Waals surface area contributed by atoms with Gasteiger partial charge in [0.15, 0.2) is 0 Å². The Hall–Kier alpha value is -1.59. The molecule has 5 nitrogen and oxygen atoms in total. The van der Waals surface area contributed by atoms with Crippen molar-refractivity contribution in [3.63, 3.8) is 0 Å². The second-order valence-electron chi connectivity index (χ2n) is 6.88. The number of hydrogen-bond donors (Lipinski definition) is 1. The average molecular weight is 332 g/mol. The van der Waals surface area contributed by atoms with E-state index in [0.29, 0.717) is 12.6 Å². The SMILES string of the molecule is CCCOc1ccc(CN2C[C@H]3CCCN3C(=O)[C@H]2C)cc1CO. The molecule has 2 saturated heterocycles. The lowest BCUT2D eigenvalue weighted by molar-refractivity contribution is -0.143. The van der Waals surface area contributed by atoms with Gasteiger partial charge in [0, 0.05) is 31.2 Å². The van der Waals surface area contributed by atoms with Gasteiger partial charge in [0.1, 0.15) is 5.75 Å². The molecule has 24 heavy (non-hydrogen) atoms. The number of nitrogens with zero attached hydrogens (tertiary/aromatic N) is 2. The quantitative estimate of drug-likeness (QED) is 0.867. The Bertz CT molecular complexity index is 590. The first kappa shape index (κ1) is 17.2. The van der Waals surface area contributed by atoms with Crippen LogP contribution in [0.4, 0.5) is 0 Å². The van der Waals surface area contributed by atoms with E-state index in [1.54, 1.807) is 0 Å². The van der Waals surface area contributed by atoms with Crippen LogP contribution in [0.1, 0.15) is 44.2 Å². The fourth-order valence-electron chi connectivity index (χ4n) is 3.78. The molecule has 0 bridgehead atoms.